The Bertz CT molecular complexity index is 412. The minimum Gasteiger partial charge on any atom is -0.354 e. The third-order valence-electron chi connectivity index (χ3n) is 3.56. The van der Waals surface area contributed by atoms with Crippen LogP contribution in [0.1, 0.15) is 25.0 Å². The predicted molar refractivity (Wildman–Crippen MR) is 82.0 cm³/mol. The molecule has 0 unspecified atom stereocenters. The smallest absolute Gasteiger partial charge is 0.131 e. The first-order valence-corrected chi connectivity index (χ1v) is 7.62. The number of pyridine rings is 1. The molecule has 1 aromatic rings. The Morgan fingerprint density at radius 2 is 1.95 bits per heavy atom. The highest BCUT2D eigenvalue weighted by atomic mass is 35.5. The first kappa shape index (κ1) is 14.6. The predicted octanol–water partition coefficient (Wildman–Crippen LogP) is 2.91. The highest BCUT2D eigenvalue weighted by Crippen LogP contribution is 2.20. The molecule has 106 valence electrons. The molecule has 0 bridgehead atoms. The van der Waals surface area contributed by atoms with Crippen LogP contribution < -0.4 is 4.90 Å². The highest BCUT2D eigenvalue weighted by Gasteiger charge is 2.19. The van der Waals surface area contributed by atoms with E-state index >= 15 is 0 Å². The first-order valence-electron chi connectivity index (χ1n) is 7.09. The van der Waals surface area contributed by atoms with Gasteiger partial charge in [0.2, 0.25) is 0 Å². The number of hydrogen-bond acceptors (Lipinski definition) is 3. The lowest BCUT2D eigenvalue weighted by molar-refractivity contribution is 0.231. The highest BCUT2D eigenvalue weighted by molar-refractivity contribution is 6.17. The van der Waals surface area contributed by atoms with E-state index in [1.54, 1.807) is 0 Å². The minimum absolute atomic E-state index is 0.538. The van der Waals surface area contributed by atoms with Crippen LogP contribution in [0, 0.1) is 12.8 Å². The Morgan fingerprint density at radius 3 is 2.47 bits per heavy atom. The summed E-state index contributed by atoms with van der Waals surface area (Å²) in [4.78, 5) is 9.52. The first-order chi connectivity index (χ1) is 9.10. The summed E-state index contributed by atoms with van der Waals surface area (Å²) in [5.41, 5.74) is 2.33. The number of anilines is 1. The Balaban J connectivity index is 1.97. The van der Waals surface area contributed by atoms with Gasteiger partial charge in [-0.3, -0.25) is 4.90 Å². The van der Waals surface area contributed by atoms with E-state index in [9.17, 15) is 0 Å². The van der Waals surface area contributed by atoms with Gasteiger partial charge >= 0.3 is 0 Å². The zero-order valence-corrected chi connectivity index (χ0v) is 13.0. The molecule has 0 aliphatic carbocycles. The van der Waals surface area contributed by atoms with Crippen LogP contribution in [0.25, 0.3) is 0 Å². The van der Waals surface area contributed by atoms with Crippen LogP contribution in [-0.2, 0) is 5.88 Å². The molecule has 0 amide bonds. The van der Waals surface area contributed by atoms with Crippen LogP contribution in [0.15, 0.2) is 12.3 Å². The van der Waals surface area contributed by atoms with Crippen LogP contribution in [0.4, 0.5) is 5.82 Å². The van der Waals surface area contributed by atoms with Crippen molar-refractivity contribution in [3.05, 3.63) is 23.4 Å². The standard InChI is InChI=1S/C15H24ClN3/c1-12(2)11-18-4-6-19(7-5-18)15-13(3)8-14(9-16)10-17-15/h8,10,12H,4-7,9,11H2,1-3H3. The molecule has 1 fully saturated rings. The molecule has 2 rings (SSSR count). The molecule has 0 saturated carbocycles. The van der Waals surface area contributed by atoms with Crippen molar-refractivity contribution < 1.29 is 0 Å². The number of aromatic nitrogens is 1. The summed E-state index contributed by atoms with van der Waals surface area (Å²) in [5, 5.41) is 0. The van der Waals surface area contributed by atoms with Gasteiger partial charge in [-0.1, -0.05) is 13.8 Å². The number of piperazine rings is 1. The summed E-state index contributed by atoms with van der Waals surface area (Å²) >= 11 is 5.84. The zero-order valence-electron chi connectivity index (χ0n) is 12.2. The average Bonchev–Trinajstić information content (AvgIpc) is 2.39. The summed E-state index contributed by atoms with van der Waals surface area (Å²) in [7, 11) is 0. The fraction of sp³-hybridized carbons (Fsp3) is 0.667. The van der Waals surface area contributed by atoms with E-state index < -0.39 is 0 Å². The summed E-state index contributed by atoms with van der Waals surface area (Å²) in [6.07, 6.45) is 1.90. The summed E-state index contributed by atoms with van der Waals surface area (Å²) < 4.78 is 0. The monoisotopic (exact) mass is 281 g/mol. The lowest BCUT2D eigenvalue weighted by atomic mass is 10.1. The third-order valence-corrected chi connectivity index (χ3v) is 3.87. The van der Waals surface area contributed by atoms with Gasteiger partial charge in [0.15, 0.2) is 0 Å². The maximum atomic E-state index is 5.84. The molecule has 0 spiro atoms. The van der Waals surface area contributed by atoms with Crippen molar-refractivity contribution in [1.29, 1.82) is 0 Å². The van der Waals surface area contributed by atoms with E-state index in [4.69, 9.17) is 11.6 Å². The molecule has 1 aliphatic rings. The van der Waals surface area contributed by atoms with Gasteiger partial charge in [0.1, 0.15) is 5.82 Å². The van der Waals surface area contributed by atoms with E-state index in [0.29, 0.717) is 5.88 Å². The topological polar surface area (TPSA) is 19.4 Å². The minimum atomic E-state index is 0.538. The quantitative estimate of drug-likeness (QED) is 0.791. The van der Waals surface area contributed by atoms with Crippen molar-refractivity contribution in [3.63, 3.8) is 0 Å². The number of hydrogen-bond donors (Lipinski definition) is 0. The van der Waals surface area contributed by atoms with Crippen molar-refractivity contribution in [2.45, 2.75) is 26.7 Å². The second-order valence-corrected chi connectivity index (χ2v) is 6.07. The second kappa shape index (κ2) is 6.58. The normalized spacial score (nSPS) is 17.2. The fourth-order valence-corrected chi connectivity index (χ4v) is 2.83. The summed E-state index contributed by atoms with van der Waals surface area (Å²) in [5.74, 6) is 2.41. The van der Waals surface area contributed by atoms with Crippen LogP contribution in [0.3, 0.4) is 0 Å². The Hall–Kier alpha value is -0.800. The molecule has 2 heterocycles. The summed E-state index contributed by atoms with van der Waals surface area (Å²) in [6.45, 7) is 12.3. The van der Waals surface area contributed by atoms with E-state index in [1.807, 2.05) is 6.20 Å². The lowest BCUT2D eigenvalue weighted by Gasteiger charge is -2.36. The summed E-state index contributed by atoms with van der Waals surface area (Å²) in [6, 6.07) is 2.15. The van der Waals surface area contributed by atoms with Gasteiger partial charge < -0.3 is 4.90 Å². The lowest BCUT2D eigenvalue weighted by Crippen LogP contribution is -2.47. The third kappa shape index (κ3) is 3.83. The molecule has 0 aromatic carbocycles. The molecule has 19 heavy (non-hydrogen) atoms. The Kier molecular flexibility index (Phi) is 5.06. The van der Waals surface area contributed by atoms with Crippen molar-refractivity contribution in [3.8, 4) is 0 Å². The fourth-order valence-electron chi connectivity index (χ4n) is 2.69. The van der Waals surface area contributed by atoms with Gasteiger partial charge in [-0.2, -0.15) is 0 Å². The molecular formula is C15H24ClN3. The van der Waals surface area contributed by atoms with Crippen LogP contribution in [0.5, 0.6) is 0 Å². The number of halogens is 1. The molecule has 3 nitrogen and oxygen atoms in total. The van der Waals surface area contributed by atoms with Crippen molar-refractivity contribution in [1.82, 2.24) is 9.88 Å². The largest absolute Gasteiger partial charge is 0.354 e. The van der Waals surface area contributed by atoms with E-state index in [2.05, 4.69) is 41.6 Å². The van der Waals surface area contributed by atoms with Crippen LogP contribution in [0.2, 0.25) is 0 Å². The van der Waals surface area contributed by atoms with Gasteiger partial charge in [-0.05, 0) is 30.0 Å². The van der Waals surface area contributed by atoms with Gasteiger partial charge in [0.05, 0.1) is 0 Å². The van der Waals surface area contributed by atoms with Gasteiger partial charge in [0.25, 0.3) is 0 Å². The number of alkyl halides is 1. The SMILES string of the molecule is Cc1cc(CCl)cnc1N1CCN(CC(C)C)CC1. The van der Waals surface area contributed by atoms with E-state index in [1.165, 1.54) is 12.1 Å². The molecular weight excluding hydrogens is 258 g/mol. The molecule has 0 radical (unpaired) electrons. The number of aryl methyl sites for hydroxylation is 1. The van der Waals surface area contributed by atoms with Crippen LogP contribution in [-0.4, -0.2) is 42.6 Å². The maximum Gasteiger partial charge on any atom is 0.131 e. The molecule has 1 aliphatic heterocycles. The van der Waals surface area contributed by atoms with Crippen molar-refractivity contribution >= 4 is 17.4 Å². The van der Waals surface area contributed by atoms with Crippen molar-refractivity contribution in [2.75, 3.05) is 37.6 Å². The van der Waals surface area contributed by atoms with Gasteiger partial charge in [-0.25, -0.2) is 4.98 Å². The number of nitrogens with zero attached hydrogens (tertiary/aromatic N) is 3. The molecule has 4 heteroatoms. The zero-order chi connectivity index (χ0) is 13.8. The van der Waals surface area contributed by atoms with Gasteiger partial charge in [-0.15, -0.1) is 11.6 Å². The molecule has 0 atom stereocenters. The number of rotatable bonds is 4. The van der Waals surface area contributed by atoms with Crippen molar-refractivity contribution in [2.24, 2.45) is 5.92 Å². The Labute approximate surface area is 121 Å². The van der Waals surface area contributed by atoms with Crippen LogP contribution >= 0.6 is 11.6 Å². The van der Waals surface area contributed by atoms with E-state index in [0.717, 1.165) is 43.5 Å². The second-order valence-electron chi connectivity index (χ2n) is 5.80. The maximum absolute atomic E-state index is 5.84. The average molecular weight is 282 g/mol. The van der Waals surface area contributed by atoms with Gasteiger partial charge in [0, 0.05) is 44.8 Å². The Morgan fingerprint density at radius 1 is 1.26 bits per heavy atom. The molecule has 1 saturated heterocycles. The molecule has 1 aromatic heterocycles. The van der Waals surface area contributed by atoms with E-state index in [-0.39, 0.29) is 0 Å². The molecule has 0 N–H and O–H groups in total.